The van der Waals surface area contributed by atoms with E-state index in [9.17, 15) is 4.79 Å². The van der Waals surface area contributed by atoms with Crippen molar-refractivity contribution < 1.29 is 14.6 Å². The lowest BCUT2D eigenvalue weighted by molar-refractivity contribution is 0.0698. The van der Waals surface area contributed by atoms with Crippen molar-refractivity contribution in [2.24, 2.45) is 0 Å². The molecule has 94 valence electrons. The van der Waals surface area contributed by atoms with Crippen molar-refractivity contribution in [1.82, 2.24) is 0 Å². The van der Waals surface area contributed by atoms with Gasteiger partial charge < -0.3 is 20.9 Å². The molecule has 5 nitrogen and oxygen atoms in total. The monoisotopic (exact) mass is 238 g/mol. The zero-order chi connectivity index (χ0) is 12.8. The number of carboxylic acids is 1. The molecule has 0 saturated heterocycles. The van der Waals surface area contributed by atoms with E-state index in [1.807, 2.05) is 6.92 Å². The lowest BCUT2D eigenvalue weighted by Crippen LogP contribution is -2.24. The number of hydrogen-bond acceptors (Lipinski definition) is 4. The second kappa shape index (κ2) is 6.10. The number of benzene rings is 1. The standard InChI is InChI=1S/C12H18N2O3/c1-3-8(7-17-2)14-10-6-4-5-9(11(10)13)12(15)16/h4-6,8,14H,3,7,13H2,1-2H3,(H,15,16). The van der Waals surface area contributed by atoms with Crippen LogP contribution >= 0.6 is 0 Å². The second-order valence-electron chi connectivity index (χ2n) is 3.78. The summed E-state index contributed by atoms with van der Waals surface area (Å²) in [7, 11) is 1.63. The van der Waals surface area contributed by atoms with E-state index in [2.05, 4.69) is 5.32 Å². The van der Waals surface area contributed by atoms with Gasteiger partial charge in [-0.3, -0.25) is 0 Å². The Bertz CT molecular complexity index is 393. The Morgan fingerprint density at radius 1 is 1.59 bits per heavy atom. The molecule has 0 radical (unpaired) electrons. The first-order chi connectivity index (χ1) is 8.10. The van der Waals surface area contributed by atoms with Crippen LogP contribution in [0.2, 0.25) is 0 Å². The Hall–Kier alpha value is -1.75. The van der Waals surface area contributed by atoms with Gasteiger partial charge in [0.05, 0.1) is 23.5 Å². The Labute approximate surface area is 101 Å². The lowest BCUT2D eigenvalue weighted by Gasteiger charge is -2.19. The summed E-state index contributed by atoms with van der Waals surface area (Å²) in [6.07, 6.45) is 0.866. The lowest BCUT2D eigenvalue weighted by atomic mass is 10.1. The molecule has 0 saturated carbocycles. The van der Waals surface area contributed by atoms with Gasteiger partial charge in [-0.15, -0.1) is 0 Å². The molecule has 5 heteroatoms. The molecule has 0 amide bonds. The molecule has 0 aromatic heterocycles. The smallest absolute Gasteiger partial charge is 0.337 e. The van der Waals surface area contributed by atoms with Crippen LogP contribution < -0.4 is 11.1 Å². The number of nitrogens with one attached hydrogen (secondary N) is 1. The molecule has 0 aliphatic rings. The minimum Gasteiger partial charge on any atom is -0.478 e. The molecular formula is C12H18N2O3. The molecule has 1 atom stereocenters. The summed E-state index contributed by atoms with van der Waals surface area (Å²) in [4.78, 5) is 10.9. The summed E-state index contributed by atoms with van der Waals surface area (Å²) >= 11 is 0. The molecule has 4 N–H and O–H groups in total. The summed E-state index contributed by atoms with van der Waals surface area (Å²) < 4.78 is 5.06. The van der Waals surface area contributed by atoms with E-state index in [1.165, 1.54) is 6.07 Å². The van der Waals surface area contributed by atoms with E-state index in [4.69, 9.17) is 15.6 Å². The topological polar surface area (TPSA) is 84.6 Å². The molecule has 0 aliphatic carbocycles. The van der Waals surface area contributed by atoms with Gasteiger partial charge in [-0.2, -0.15) is 0 Å². The number of ether oxygens (including phenoxy) is 1. The maximum atomic E-state index is 10.9. The predicted molar refractivity (Wildman–Crippen MR) is 67.4 cm³/mol. The Kier molecular flexibility index (Phi) is 4.78. The number of anilines is 2. The number of aromatic carboxylic acids is 1. The molecule has 0 spiro atoms. The fraction of sp³-hybridized carbons (Fsp3) is 0.417. The molecule has 1 aromatic carbocycles. The van der Waals surface area contributed by atoms with E-state index >= 15 is 0 Å². The molecule has 0 fully saturated rings. The van der Waals surface area contributed by atoms with Crippen molar-refractivity contribution in [3.8, 4) is 0 Å². The van der Waals surface area contributed by atoms with Crippen molar-refractivity contribution in [3.05, 3.63) is 23.8 Å². The Balaban J connectivity index is 2.91. The summed E-state index contributed by atoms with van der Waals surface area (Å²) in [5.74, 6) is -1.02. The number of carbonyl (C=O) groups is 1. The average molecular weight is 238 g/mol. The fourth-order valence-corrected chi connectivity index (χ4v) is 1.56. The van der Waals surface area contributed by atoms with Gasteiger partial charge in [0.2, 0.25) is 0 Å². The van der Waals surface area contributed by atoms with Gasteiger partial charge in [0.15, 0.2) is 0 Å². The highest BCUT2D eigenvalue weighted by Crippen LogP contribution is 2.23. The van der Waals surface area contributed by atoms with E-state index in [0.29, 0.717) is 12.3 Å². The SMILES string of the molecule is CCC(COC)Nc1cccc(C(=O)O)c1N. The number of nitrogen functional groups attached to an aromatic ring is 1. The van der Waals surface area contributed by atoms with Gasteiger partial charge in [0, 0.05) is 13.2 Å². The van der Waals surface area contributed by atoms with Gasteiger partial charge in [-0.1, -0.05) is 13.0 Å². The number of hydrogen-bond donors (Lipinski definition) is 3. The zero-order valence-corrected chi connectivity index (χ0v) is 10.1. The van der Waals surface area contributed by atoms with Crippen molar-refractivity contribution in [2.75, 3.05) is 24.8 Å². The van der Waals surface area contributed by atoms with Crippen molar-refractivity contribution in [1.29, 1.82) is 0 Å². The summed E-state index contributed by atoms with van der Waals surface area (Å²) in [5, 5.41) is 12.1. The molecule has 0 bridgehead atoms. The minimum absolute atomic E-state index is 0.113. The number of para-hydroxylation sites is 1. The van der Waals surface area contributed by atoms with Gasteiger partial charge in [0.1, 0.15) is 0 Å². The highest BCUT2D eigenvalue weighted by Gasteiger charge is 2.13. The van der Waals surface area contributed by atoms with Gasteiger partial charge in [-0.05, 0) is 18.6 Å². The van der Waals surface area contributed by atoms with Crippen LogP contribution in [0.4, 0.5) is 11.4 Å². The molecule has 1 unspecified atom stereocenters. The predicted octanol–water partition coefficient (Wildman–Crippen LogP) is 1.80. The number of rotatable bonds is 6. The van der Waals surface area contributed by atoms with E-state index in [1.54, 1.807) is 19.2 Å². The van der Waals surface area contributed by atoms with E-state index < -0.39 is 5.97 Å². The Morgan fingerprint density at radius 2 is 2.29 bits per heavy atom. The summed E-state index contributed by atoms with van der Waals surface area (Å²) in [6.45, 7) is 2.57. The summed E-state index contributed by atoms with van der Waals surface area (Å²) in [6, 6.07) is 5.04. The minimum atomic E-state index is -1.02. The number of methoxy groups -OCH3 is 1. The van der Waals surface area contributed by atoms with Crippen LogP contribution in [0.15, 0.2) is 18.2 Å². The zero-order valence-electron chi connectivity index (χ0n) is 10.1. The normalized spacial score (nSPS) is 12.1. The van der Waals surface area contributed by atoms with Crippen molar-refractivity contribution >= 4 is 17.3 Å². The third-order valence-corrected chi connectivity index (χ3v) is 2.56. The maximum absolute atomic E-state index is 10.9. The maximum Gasteiger partial charge on any atom is 0.337 e. The van der Waals surface area contributed by atoms with Crippen molar-refractivity contribution in [2.45, 2.75) is 19.4 Å². The highest BCUT2D eigenvalue weighted by atomic mass is 16.5. The largest absolute Gasteiger partial charge is 0.478 e. The number of nitrogens with two attached hydrogens (primary N) is 1. The van der Waals surface area contributed by atoms with Gasteiger partial charge >= 0.3 is 5.97 Å². The third kappa shape index (κ3) is 3.35. The highest BCUT2D eigenvalue weighted by molar-refractivity contribution is 5.97. The van der Waals surface area contributed by atoms with Crippen LogP contribution in [-0.4, -0.2) is 30.8 Å². The van der Waals surface area contributed by atoms with Crippen molar-refractivity contribution in [3.63, 3.8) is 0 Å². The first kappa shape index (κ1) is 13.3. The van der Waals surface area contributed by atoms with E-state index in [-0.39, 0.29) is 17.3 Å². The molecular weight excluding hydrogens is 220 g/mol. The van der Waals surface area contributed by atoms with E-state index in [0.717, 1.165) is 6.42 Å². The molecule has 17 heavy (non-hydrogen) atoms. The average Bonchev–Trinajstić information content (AvgIpc) is 2.30. The molecule has 0 aliphatic heterocycles. The molecule has 1 rings (SSSR count). The van der Waals surface area contributed by atoms with Gasteiger partial charge in [0.25, 0.3) is 0 Å². The fourth-order valence-electron chi connectivity index (χ4n) is 1.56. The quantitative estimate of drug-likeness (QED) is 0.658. The second-order valence-corrected chi connectivity index (χ2v) is 3.78. The molecule has 1 aromatic rings. The third-order valence-electron chi connectivity index (χ3n) is 2.56. The van der Waals surface area contributed by atoms with Gasteiger partial charge in [-0.25, -0.2) is 4.79 Å². The Morgan fingerprint density at radius 3 is 2.82 bits per heavy atom. The van der Waals surface area contributed by atoms with Crippen LogP contribution in [0.5, 0.6) is 0 Å². The van der Waals surface area contributed by atoms with Crippen LogP contribution in [0, 0.1) is 0 Å². The first-order valence-corrected chi connectivity index (χ1v) is 5.47. The number of carboxylic acid groups (broad SMARTS) is 1. The van der Waals surface area contributed by atoms with Crippen LogP contribution in [0.3, 0.4) is 0 Å². The van der Waals surface area contributed by atoms with Crippen LogP contribution in [0.1, 0.15) is 23.7 Å². The van der Waals surface area contributed by atoms with Crippen LogP contribution in [0.25, 0.3) is 0 Å². The van der Waals surface area contributed by atoms with Crippen LogP contribution in [-0.2, 0) is 4.74 Å². The first-order valence-electron chi connectivity index (χ1n) is 5.47. The molecule has 0 heterocycles. The summed E-state index contributed by atoms with van der Waals surface area (Å²) in [5.41, 5.74) is 6.80.